The predicted octanol–water partition coefficient (Wildman–Crippen LogP) is 5.66. The van der Waals surface area contributed by atoms with E-state index in [2.05, 4.69) is 0 Å². The number of halogens is 4. The molecule has 18 heavy (non-hydrogen) atoms. The van der Waals surface area contributed by atoms with Crippen LogP contribution in [-0.4, -0.2) is 0 Å². The molecule has 94 valence electrons. The molecule has 4 heteroatoms. The van der Waals surface area contributed by atoms with Crippen LogP contribution in [0.2, 0.25) is 10.0 Å². The Morgan fingerprint density at radius 2 is 1.61 bits per heavy atom. The van der Waals surface area contributed by atoms with Crippen molar-refractivity contribution in [1.82, 2.24) is 0 Å². The second-order valence-corrected chi connectivity index (χ2v) is 5.28. The van der Waals surface area contributed by atoms with Gasteiger partial charge in [-0.3, -0.25) is 0 Å². The Labute approximate surface area is 120 Å². The van der Waals surface area contributed by atoms with Gasteiger partial charge in [-0.2, -0.15) is 0 Å². The molecule has 0 aliphatic rings. The molecule has 1 unspecified atom stereocenters. The van der Waals surface area contributed by atoms with Crippen molar-refractivity contribution in [3.8, 4) is 0 Å². The molecule has 0 bridgehead atoms. The third-order valence-electron chi connectivity index (χ3n) is 2.62. The van der Waals surface area contributed by atoms with Gasteiger partial charge >= 0.3 is 0 Å². The van der Waals surface area contributed by atoms with Gasteiger partial charge in [0.15, 0.2) is 0 Å². The molecule has 0 heterocycles. The van der Waals surface area contributed by atoms with Crippen LogP contribution < -0.4 is 0 Å². The van der Waals surface area contributed by atoms with Crippen LogP contribution in [0.1, 0.15) is 16.5 Å². The van der Waals surface area contributed by atoms with E-state index in [0.29, 0.717) is 22.0 Å². The van der Waals surface area contributed by atoms with E-state index in [9.17, 15) is 4.39 Å². The maximum atomic E-state index is 13.1. The van der Waals surface area contributed by atoms with E-state index in [1.807, 2.05) is 6.07 Å². The fourth-order valence-electron chi connectivity index (χ4n) is 1.78. The Hall–Kier alpha value is -0.760. The predicted molar refractivity (Wildman–Crippen MR) is 75.2 cm³/mol. The summed E-state index contributed by atoms with van der Waals surface area (Å²) in [5, 5.41) is 0.672. The fraction of sp³-hybridized carbons (Fsp3) is 0.143. The first kappa shape index (κ1) is 13.7. The van der Waals surface area contributed by atoms with Crippen molar-refractivity contribution in [2.24, 2.45) is 0 Å². The van der Waals surface area contributed by atoms with Gasteiger partial charge in [0.2, 0.25) is 0 Å². The second-order valence-electron chi connectivity index (χ2n) is 3.94. The Kier molecular flexibility index (Phi) is 4.50. The molecule has 2 aromatic rings. The van der Waals surface area contributed by atoms with E-state index in [0.717, 1.165) is 5.56 Å². The molecule has 0 aromatic heterocycles. The molecule has 0 aliphatic heterocycles. The Bertz CT molecular complexity index is 534. The molecule has 0 aliphatic carbocycles. The zero-order valence-electron chi connectivity index (χ0n) is 9.34. The van der Waals surface area contributed by atoms with Gasteiger partial charge in [0.25, 0.3) is 0 Å². The van der Waals surface area contributed by atoms with Crippen LogP contribution in [0.3, 0.4) is 0 Å². The Morgan fingerprint density at radius 1 is 1.00 bits per heavy atom. The Morgan fingerprint density at radius 3 is 2.22 bits per heavy atom. The van der Waals surface area contributed by atoms with E-state index < -0.39 is 0 Å². The maximum Gasteiger partial charge on any atom is 0.123 e. The lowest BCUT2D eigenvalue weighted by molar-refractivity contribution is 0.625. The number of benzene rings is 2. The largest absolute Gasteiger partial charge is 0.207 e. The van der Waals surface area contributed by atoms with Crippen LogP contribution in [0.25, 0.3) is 0 Å². The third-order valence-corrected chi connectivity index (χ3v) is 3.65. The summed E-state index contributed by atoms with van der Waals surface area (Å²) in [4.78, 5) is 0. The molecular formula is C14H10Cl3F. The van der Waals surface area contributed by atoms with Gasteiger partial charge < -0.3 is 0 Å². The monoisotopic (exact) mass is 302 g/mol. The topological polar surface area (TPSA) is 0 Å². The summed E-state index contributed by atoms with van der Waals surface area (Å²) in [5.41, 5.74) is 1.50. The van der Waals surface area contributed by atoms with Crippen molar-refractivity contribution in [3.63, 3.8) is 0 Å². The smallest absolute Gasteiger partial charge is 0.123 e. The quantitative estimate of drug-likeness (QED) is 0.642. The summed E-state index contributed by atoms with van der Waals surface area (Å²) in [7, 11) is 0. The normalized spacial score (nSPS) is 12.4. The van der Waals surface area contributed by atoms with Gasteiger partial charge in [0.05, 0.1) is 5.38 Å². The molecule has 0 N–H and O–H groups in total. The number of alkyl halides is 1. The summed E-state index contributed by atoms with van der Waals surface area (Å²) < 4.78 is 13.1. The molecule has 0 spiro atoms. The lowest BCUT2D eigenvalue weighted by Gasteiger charge is -2.13. The van der Waals surface area contributed by atoms with Gasteiger partial charge in [-0.1, -0.05) is 41.4 Å². The summed E-state index contributed by atoms with van der Waals surface area (Å²) in [6.07, 6.45) is 0.475. The zero-order valence-corrected chi connectivity index (χ0v) is 11.6. The summed E-state index contributed by atoms with van der Waals surface area (Å²) >= 11 is 18.5. The van der Waals surface area contributed by atoms with Gasteiger partial charge in [0.1, 0.15) is 5.82 Å². The molecule has 2 rings (SSSR count). The van der Waals surface area contributed by atoms with Crippen LogP contribution in [-0.2, 0) is 6.42 Å². The zero-order chi connectivity index (χ0) is 13.1. The van der Waals surface area contributed by atoms with E-state index >= 15 is 0 Å². The molecular weight excluding hydrogens is 294 g/mol. The third kappa shape index (κ3) is 3.17. The number of hydrogen-bond acceptors (Lipinski definition) is 0. The van der Waals surface area contributed by atoms with Crippen LogP contribution in [0, 0.1) is 5.82 Å². The molecule has 1 atom stereocenters. The lowest BCUT2D eigenvalue weighted by Crippen LogP contribution is -1.98. The van der Waals surface area contributed by atoms with E-state index in [4.69, 9.17) is 34.8 Å². The molecule has 0 nitrogen and oxygen atoms in total. The number of rotatable bonds is 3. The minimum atomic E-state index is -0.381. The van der Waals surface area contributed by atoms with Crippen molar-refractivity contribution in [3.05, 3.63) is 69.5 Å². The minimum absolute atomic E-state index is 0.276. The average Bonchev–Trinajstić information content (AvgIpc) is 2.28. The maximum absolute atomic E-state index is 13.1. The molecule has 0 fully saturated rings. The van der Waals surface area contributed by atoms with E-state index in [-0.39, 0.29) is 11.2 Å². The number of hydrogen-bond donors (Lipinski definition) is 0. The Balaban J connectivity index is 2.25. The highest BCUT2D eigenvalue weighted by Crippen LogP contribution is 2.35. The lowest BCUT2D eigenvalue weighted by atomic mass is 10.0. The van der Waals surface area contributed by atoms with Crippen LogP contribution in [0.15, 0.2) is 42.5 Å². The highest BCUT2D eigenvalue weighted by molar-refractivity contribution is 6.37. The van der Waals surface area contributed by atoms with Crippen molar-refractivity contribution in [2.45, 2.75) is 11.8 Å². The summed E-state index contributed by atoms with van der Waals surface area (Å²) in [6, 6.07) is 11.6. The minimum Gasteiger partial charge on any atom is -0.207 e. The van der Waals surface area contributed by atoms with E-state index in [1.165, 1.54) is 12.1 Å². The van der Waals surface area contributed by atoms with Gasteiger partial charge in [-0.05, 0) is 36.2 Å². The average molecular weight is 304 g/mol. The van der Waals surface area contributed by atoms with E-state index in [1.54, 1.807) is 24.3 Å². The molecule has 0 radical (unpaired) electrons. The molecule has 0 saturated heterocycles. The molecule has 0 saturated carbocycles. The summed E-state index contributed by atoms with van der Waals surface area (Å²) in [5.74, 6) is -0.276. The van der Waals surface area contributed by atoms with Crippen LogP contribution in [0.5, 0.6) is 0 Å². The van der Waals surface area contributed by atoms with Crippen molar-refractivity contribution in [2.75, 3.05) is 0 Å². The van der Waals surface area contributed by atoms with Gasteiger partial charge in [0, 0.05) is 15.6 Å². The summed E-state index contributed by atoms with van der Waals surface area (Å²) in [6.45, 7) is 0. The fourth-order valence-corrected chi connectivity index (χ4v) is 2.97. The first-order valence-corrected chi connectivity index (χ1v) is 6.59. The standard InChI is InChI=1S/C14H10Cl3F/c15-11-5-2-6-12(16)14(11)13(17)8-9-3-1-4-10(18)7-9/h1-7,13H,8H2. The highest BCUT2D eigenvalue weighted by Gasteiger charge is 2.16. The SMILES string of the molecule is Fc1cccc(CC(Cl)c2c(Cl)cccc2Cl)c1. The molecule has 2 aromatic carbocycles. The highest BCUT2D eigenvalue weighted by atomic mass is 35.5. The van der Waals surface area contributed by atoms with Crippen molar-refractivity contribution >= 4 is 34.8 Å². The van der Waals surface area contributed by atoms with Crippen LogP contribution in [0.4, 0.5) is 4.39 Å². The molecule has 0 amide bonds. The first-order chi connectivity index (χ1) is 8.58. The van der Waals surface area contributed by atoms with Gasteiger partial charge in [-0.15, -0.1) is 11.6 Å². The van der Waals surface area contributed by atoms with Crippen LogP contribution >= 0.6 is 34.8 Å². The van der Waals surface area contributed by atoms with Crippen molar-refractivity contribution < 1.29 is 4.39 Å². The first-order valence-electron chi connectivity index (χ1n) is 5.40. The second kappa shape index (κ2) is 5.92. The van der Waals surface area contributed by atoms with Gasteiger partial charge in [-0.25, -0.2) is 4.39 Å². The van der Waals surface area contributed by atoms with Crippen molar-refractivity contribution in [1.29, 1.82) is 0 Å².